The Morgan fingerprint density at radius 3 is 1.69 bits per heavy atom. The van der Waals surface area contributed by atoms with Crippen LogP contribution in [0.5, 0.6) is 0 Å². The third-order valence-corrected chi connectivity index (χ3v) is 7.04. The fourth-order valence-corrected chi connectivity index (χ4v) is 4.98. The minimum absolute atomic E-state index is 0.0616. The Morgan fingerprint density at radius 1 is 0.667 bits per heavy atom. The van der Waals surface area contributed by atoms with Crippen molar-refractivity contribution in [2.24, 2.45) is 0 Å². The number of anilines is 1. The molecule has 0 atom stereocenters. The first-order valence-corrected chi connectivity index (χ1v) is 12.6. The van der Waals surface area contributed by atoms with Crippen LogP contribution in [-0.4, -0.2) is 37.0 Å². The van der Waals surface area contributed by atoms with Crippen molar-refractivity contribution in [1.82, 2.24) is 4.90 Å². The van der Waals surface area contributed by atoms with Gasteiger partial charge in [0.1, 0.15) is 5.82 Å². The standard InChI is InChI=1S/C32H31FN2O/c33-29-15-11-25(12-16-29)23-26-13-17-30(18-14-26)34-19-21-35(22-20-34)32(36)24-31(27-7-3-1-4-8-27)28-9-5-2-6-10-28/h1-18,31H,19-24H2. The molecule has 5 rings (SSSR count). The van der Waals surface area contributed by atoms with Crippen LogP contribution in [0.15, 0.2) is 109 Å². The van der Waals surface area contributed by atoms with Gasteiger partial charge in [0, 0.05) is 44.2 Å². The highest BCUT2D eigenvalue weighted by atomic mass is 19.1. The molecule has 4 aromatic carbocycles. The summed E-state index contributed by atoms with van der Waals surface area (Å²) in [4.78, 5) is 17.7. The Kier molecular flexibility index (Phi) is 7.41. The van der Waals surface area contributed by atoms with Gasteiger partial charge in [-0.1, -0.05) is 84.9 Å². The van der Waals surface area contributed by atoms with Gasteiger partial charge >= 0.3 is 0 Å². The highest BCUT2D eigenvalue weighted by Gasteiger charge is 2.25. The molecule has 1 heterocycles. The quantitative estimate of drug-likeness (QED) is 0.312. The molecule has 0 bridgehead atoms. The molecule has 182 valence electrons. The minimum Gasteiger partial charge on any atom is -0.368 e. The van der Waals surface area contributed by atoms with E-state index in [1.54, 1.807) is 0 Å². The monoisotopic (exact) mass is 478 g/mol. The maximum absolute atomic E-state index is 13.3. The summed E-state index contributed by atoms with van der Waals surface area (Å²) in [6.45, 7) is 3.10. The molecule has 0 aliphatic carbocycles. The molecule has 1 aliphatic rings. The van der Waals surface area contributed by atoms with Gasteiger partial charge in [0.05, 0.1) is 0 Å². The molecule has 1 amide bonds. The molecule has 0 N–H and O–H groups in total. The van der Waals surface area contributed by atoms with E-state index >= 15 is 0 Å². The number of piperazine rings is 1. The first kappa shape index (κ1) is 23.8. The summed E-state index contributed by atoms with van der Waals surface area (Å²) in [5, 5.41) is 0. The molecule has 1 aliphatic heterocycles. The molecule has 4 aromatic rings. The molecule has 0 aromatic heterocycles. The number of nitrogens with zero attached hydrogens (tertiary/aromatic N) is 2. The van der Waals surface area contributed by atoms with Crippen LogP contribution in [0.3, 0.4) is 0 Å². The Balaban J connectivity index is 1.18. The van der Waals surface area contributed by atoms with Gasteiger partial charge in [-0.3, -0.25) is 4.79 Å². The van der Waals surface area contributed by atoms with Crippen LogP contribution in [-0.2, 0) is 11.2 Å². The van der Waals surface area contributed by atoms with E-state index in [1.165, 1.54) is 34.5 Å². The van der Waals surface area contributed by atoms with E-state index in [0.717, 1.165) is 38.2 Å². The lowest BCUT2D eigenvalue weighted by atomic mass is 9.88. The first-order chi connectivity index (χ1) is 17.7. The smallest absolute Gasteiger partial charge is 0.223 e. The molecule has 1 fully saturated rings. The summed E-state index contributed by atoms with van der Waals surface area (Å²) in [6, 6.07) is 35.9. The Hall–Kier alpha value is -3.92. The van der Waals surface area contributed by atoms with E-state index in [4.69, 9.17) is 0 Å². The molecule has 3 nitrogen and oxygen atoms in total. The second kappa shape index (κ2) is 11.2. The van der Waals surface area contributed by atoms with Crippen molar-refractivity contribution in [2.45, 2.75) is 18.8 Å². The fraction of sp³-hybridized carbons (Fsp3) is 0.219. The van der Waals surface area contributed by atoms with Gasteiger partial charge in [-0.25, -0.2) is 4.39 Å². The molecule has 1 saturated heterocycles. The van der Waals surface area contributed by atoms with Crippen LogP contribution in [0.25, 0.3) is 0 Å². The lowest BCUT2D eigenvalue weighted by Crippen LogP contribution is -2.49. The number of rotatable bonds is 7. The van der Waals surface area contributed by atoms with Crippen LogP contribution in [0.1, 0.15) is 34.6 Å². The van der Waals surface area contributed by atoms with E-state index in [-0.39, 0.29) is 17.6 Å². The third kappa shape index (κ3) is 5.83. The molecule has 0 radical (unpaired) electrons. The van der Waals surface area contributed by atoms with Gasteiger partial charge in [0.25, 0.3) is 0 Å². The third-order valence-electron chi connectivity index (χ3n) is 7.04. The molecule has 4 heteroatoms. The number of halogens is 1. The maximum Gasteiger partial charge on any atom is 0.223 e. The van der Waals surface area contributed by atoms with E-state index in [2.05, 4.69) is 53.4 Å². The van der Waals surface area contributed by atoms with E-state index in [0.29, 0.717) is 6.42 Å². The van der Waals surface area contributed by atoms with Crippen LogP contribution in [0.4, 0.5) is 10.1 Å². The van der Waals surface area contributed by atoms with Crippen LogP contribution in [0.2, 0.25) is 0 Å². The average molecular weight is 479 g/mol. The summed E-state index contributed by atoms with van der Waals surface area (Å²) in [5.74, 6) is 0.0657. The molecule has 0 unspecified atom stereocenters. The van der Waals surface area contributed by atoms with Crippen LogP contribution < -0.4 is 4.90 Å². The van der Waals surface area contributed by atoms with Crippen molar-refractivity contribution in [1.29, 1.82) is 0 Å². The summed E-state index contributed by atoms with van der Waals surface area (Å²) in [7, 11) is 0. The largest absolute Gasteiger partial charge is 0.368 e. The van der Waals surface area contributed by atoms with Gasteiger partial charge in [0.2, 0.25) is 5.91 Å². The SMILES string of the molecule is O=C(CC(c1ccccc1)c1ccccc1)N1CCN(c2ccc(Cc3ccc(F)cc3)cc2)CC1. The highest BCUT2D eigenvalue weighted by Crippen LogP contribution is 2.29. The number of benzene rings is 4. The van der Waals surface area contributed by atoms with E-state index < -0.39 is 0 Å². The van der Waals surface area contributed by atoms with Crippen LogP contribution in [0, 0.1) is 5.82 Å². The predicted octanol–water partition coefficient (Wildman–Crippen LogP) is 6.29. The number of carbonyl (C=O) groups is 1. The van der Waals surface area contributed by atoms with E-state index in [1.807, 2.05) is 53.4 Å². The molecule has 0 spiro atoms. The lowest BCUT2D eigenvalue weighted by Gasteiger charge is -2.37. The van der Waals surface area contributed by atoms with Crippen molar-refractivity contribution < 1.29 is 9.18 Å². The van der Waals surface area contributed by atoms with Crippen molar-refractivity contribution in [3.05, 3.63) is 137 Å². The van der Waals surface area contributed by atoms with Crippen molar-refractivity contribution in [3.63, 3.8) is 0 Å². The topological polar surface area (TPSA) is 23.6 Å². The van der Waals surface area contributed by atoms with Crippen molar-refractivity contribution in [2.75, 3.05) is 31.1 Å². The molecular weight excluding hydrogens is 447 g/mol. The predicted molar refractivity (Wildman–Crippen MR) is 144 cm³/mol. The molecule has 0 saturated carbocycles. The summed E-state index contributed by atoms with van der Waals surface area (Å²) in [5.41, 5.74) is 5.83. The van der Waals surface area contributed by atoms with Gasteiger partial charge < -0.3 is 9.80 Å². The zero-order valence-corrected chi connectivity index (χ0v) is 20.4. The number of amides is 1. The Labute approximate surface area is 212 Å². The zero-order valence-electron chi connectivity index (χ0n) is 20.4. The highest BCUT2D eigenvalue weighted by molar-refractivity contribution is 5.78. The maximum atomic E-state index is 13.3. The zero-order chi connectivity index (χ0) is 24.7. The summed E-state index contributed by atoms with van der Waals surface area (Å²) < 4.78 is 13.1. The second-order valence-corrected chi connectivity index (χ2v) is 9.42. The van der Waals surface area contributed by atoms with Gasteiger partial charge in [-0.15, -0.1) is 0 Å². The Bertz CT molecular complexity index is 1210. The molecule has 36 heavy (non-hydrogen) atoms. The van der Waals surface area contributed by atoms with E-state index in [9.17, 15) is 9.18 Å². The van der Waals surface area contributed by atoms with Gasteiger partial charge in [-0.2, -0.15) is 0 Å². The van der Waals surface area contributed by atoms with Crippen LogP contribution >= 0.6 is 0 Å². The molecular formula is C32H31FN2O. The van der Waals surface area contributed by atoms with Gasteiger partial charge in [0.15, 0.2) is 0 Å². The lowest BCUT2D eigenvalue weighted by molar-refractivity contribution is -0.131. The number of carbonyl (C=O) groups excluding carboxylic acids is 1. The number of hydrogen-bond acceptors (Lipinski definition) is 2. The average Bonchev–Trinajstić information content (AvgIpc) is 2.94. The minimum atomic E-state index is -0.206. The summed E-state index contributed by atoms with van der Waals surface area (Å²) in [6.07, 6.45) is 1.26. The van der Waals surface area contributed by atoms with Crippen molar-refractivity contribution in [3.8, 4) is 0 Å². The first-order valence-electron chi connectivity index (χ1n) is 12.6. The van der Waals surface area contributed by atoms with Crippen molar-refractivity contribution >= 4 is 11.6 Å². The Morgan fingerprint density at radius 2 is 1.17 bits per heavy atom. The van der Waals surface area contributed by atoms with Gasteiger partial charge in [-0.05, 0) is 52.9 Å². The second-order valence-electron chi connectivity index (χ2n) is 9.42. The number of hydrogen-bond donors (Lipinski definition) is 0. The fourth-order valence-electron chi connectivity index (χ4n) is 4.98. The summed E-state index contributed by atoms with van der Waals surface area (Å²) >= 11 is 0. The normalized spacial score (nSPS) is 13.7.